The van der Waals surface area contributed by atoms with Gasteiger partial charge in [-0.1, -0.05) is 33.1 Å². The number of unbranched alkanes of at least 4 members (excludes halogenated alkanes) is 2. The summed E-state index contributed by atoms with van der Waals surface area (Å²) >= 11 is 0. The molecule has 0 aromatic heterocycles. The van der Waals surface area contributed by atoms with Crippen molar-refractivity contribution in [2.24, 2.45) is 0 Å². The molecule has 0 rings (SSSR count). The predicted molar refractivity (Wildman–Crippen MR) is 62.7 cm³/mol. The molecule has 0 amide bonds. The van der Waals surface area contributed by atoms with E-state index in [1.807, 2.05) is 0 Å². The van der Waals surface area contributed by atoms with Crippen LogP contribution in [0.3, 0.4) is 0 Å². The van der Waals surface area contributed by atoms with Crippen LogP contribution in [0.15, 0.2) is 0 Å². The zero-order valence-electron chi connectivity index (χ0n) is 10.1. The van der Waals surface area contributed by atoms with E-state index in [1.165, 1.54) is 32.1 Å². The van der Waals surface area contributed by atoms with E-state index in [9.17, 15) is 0 Å². The fourth-order valence-electron chi connectivity index (χ4n) is 1.47. The molecule has 0 radical (unpaired) electrons. The highest BCUT2D eigenvalue weighted by molar-refractivity contribution is 4.58. The summed E-state index contributed by atoms with van der Waals surface area (Å²) in [6.45, 7) is 9.46. The van der Waals surface area contributed by atoms with Crippen LogP contribution in [0.2, 0.25) is 0 Å². The molecule has 0 aromatic rings. The summed E-state index contributed by atoms with van der Waals surface area (Å²) in [7, 11) is 0. The third kappa shape index (κ3) is 10.0. The minimum atomic E-state index is 0.638. The fourth-order valence-corrected chi connectivity index (χ4v) is 1.47. The van der Waals surface area contributed by atoms with Crippen molar-refractivity contribution in [2.45, 2.75) is 58.9 Å². The fraction of sp³-hybridized carbons (Fsp3) is 1.00. The summed E-state index contributed by atoms with van der Waals surface area (Å²) in [5, 5.41) is 3.45. The molecule has 2 nitrogen and oxygen atoms in total. The Morgan fingerprint density at radius 1 is 1.07 bits per heavy atom. The SMILES string of the molecule is CCCCCOCCNC(C)CCC. The van der Waals surface area contributed by atoms with Gasteiger partial charge in [-0.25, -0.2) is 0 Å². The summed E-state index contributed by atoms with van der Waals surface area (Å²) in [5.74, 6) is 0. The lowest BCUT2D eigenvalue weighted by Crippen LogP contribution is -2.29. The Balaban J connectivity index is 2.98. The van der Waals surface area contributed by atoms with Gasteiger partial charge in [0.2, 0.25) is 0 Å². The molecule has 0 aliphatic rings. The lowest BCUT2D eigenvalue weighted by molar-refractivity contribution is 0.130. The maximum atomic E-state index is 5.50. The lowest BCUT2D eigenvalue weighted by Gasteiger charge is -2.12. The molecule has 0 fully saturated rings. The largest absolute Gasteiger partial charge is 0.380 e. The van der Waals surface area contributed by atoms with E-state index in [0.29, 0.717) is 6.04 Å². The lowest BCUT2D eigenvalue weighted by atomic mass is 10.2. The third-order valence-corrected chi connectivity index (χ3v) is 2.35. The van der Waals surface area contributed by atoms with E-state index in [4.69, 9.17) is 4.74 Å². The molecule has 0 saturated heterocycles. The summed E-state index contributed by atoms with van der Waals surface area (Å²) in [5.41, 5.74) is 0. The maximum Gasteiger partial charge on any atom is 0.0590 e. The summed E-state index contributed by atoms with van der Waals surface area (Å²) in [4.78, 5) is 0. The van der Waals surface area contributed by atoms with Gasteiger partial charge in [0.1, 0.15) is 0 Å². The van der Waals surface area contributed by atoms with E-state index in [0.717, 1.165) is 19.8 Å². The van der Waals surface area contributed by atoms with Gasteiger partial charge in [0.25, 0.3) is 0 Å². The summed E-state index contributed by atoms with van der Waals surface area (Å²) < 4.78 is 5.50. The van der Waals surface area contributed by atoms with Crippen LogP contribution >= 0.6 is 0 Å². The molecule has 0 bridgehead atoms. The Kier molecular flexibility index (Phi) is 10.9. The molecule has 0 spiro atoms. The van der Waals surface area contributed by atoms with Crippen LogP contribution in [0.4, 0.5) is 0 Å². The van der Waals surface area contributed by atoms with Crippen LogP contribution in [0.5, 0.6) is 0 Å². The number of nitrogens with one attached hydrogen (secondary N) is 1. The van der Waals surface area contributed by atoms with E-state index in [-0.39, 0.29) is 0 Å². The quantitative estimate of drug-likeness (QED) is 0.549. The standard InChI is InChI=1S/C12H27NO/c1-4-6-7-10-14-11-9-13-12(3)8-5-2/h12-13H,4-11H2,1-3H3. The van der Waals surface area contributed by atoms with Gasteiger partial charge in [-0.2, -0.15) is 0 Å². The van der Waals surface area contributed by atoms with Crippen LogP contribution in [0.1, 0.15) is 52.9 Å². The average Bonchev–Trinajstić information content (AvgIpc) is 2.17. The second-order valence-electron chi connectivity index (χ2n) is 3.96. The Hall–Kier alpha value is -0.0800. The topological polar surface area (TPSA) is 21.3 Å². The Labute approximate surface area is 89.4 Å². The molecule has 0 heterocycles. The minimum absolute atomic E-state index is 0.638. The number of ether oxygens (including phenoxy) is 1. The van der Waals surface area contributed by atoms with Crippen LogP contribution < -0.4 is 5.32 Å². The highest BCUT2D eigenvalue weighted by atomic mass is 16.5. The van der Waals surface area contributed by atoms with Crippen LogP contribution in [0.25, 0.3) is 0 Å². The second-order valence-corrected chi connectivity index (χ2v) is 3.96. The molecule has 1 unspecified atom stereocenters. The second kappa shape index (κ2) is 11.0. The van der Waals surface area contributed by atoms with Crippen molar-refractivity contribution in [2.75, 3.05) is 19.8 Å². The normalized spacial score (nSPS) is 13.1. The first-order chi connectivity index (χ1) is 6.81. The first kappa shape index (κ1) is 13.9. The maximum absolute atomic E-state index is 5.50. The molecule has 0 aromatic carbocycles. The molecule has 2 heteroatoms. The molecular formula is C12H27NO. The predicted octanol–water partition coefficient (Wildman–Crippen LogP) is 2.97. The summed E-state index contributed by atoms with van der Waals surface area (Å²) in [6.07, 6.45) is 6.29. The van der Waals surface area contributed by atoms with Crippen molar-refractivity contribution >= 4 is 0 Å². The zero-order valence-corrected chi connectivity index (χ0v) is 10.1. The molecule has 14 heavy (non-hydrogen) atoms. The van der Waals surface area contributed by atoms with E-state index in [2.05, 4.69) is 26.1 Å². The van der Waals surface area contributed by atoms with Crippen LogP contribution in [0, 0.1) is 0 Å². The van der Waals surface area contributed by atoms with Gasteiger partial charge < -0.3 is 10.1 Å². The van der Waals surface area contributed by atoms with Crippen molar-refractivity contribution in [1.29, 1.82) is 0 Å². The van der Waals surface area contributed by atoms with Crippen molar-refractivity contribution in [1.82, 2.24) is 5.32 Å². The highest BCUT2D eigenvalue weighted by Crippen LogP contribution is 1.95. The van der Waals surface area contributed by atoms with E-state index < -0.39 is 0 Å². The van der Waals surface area contributed by atoms with Crippen LogP contribution in [-0.4, -0.2) is 25.8 Å². The van der Waals surface area contributed by atoms with Gasteiger partial charge in [0.15, 0.2) is 0 Å². The van der Waals surface area contributed by atoms with Gasteiger partial charge in [-0.05, 0) is 19.8 Å². The zero-order chi connectivity index (χ0) is 10.6. The monoisotopic (exact) mass is 201 g/mol. The molecule has 0 saturated carbocycles. The first-order valence-electron chi connectivity index (χ1n) is 6.12. The van der Waals surface area contributed by atoms with Crippen molar-refractivity contribution in [3.05, 3.63) is 0 Å². The minimum Gasteiger partial charge on any atom is -0.380 e. The van der Waals surface area contributed by atoms with Crippen molar-refractivity contribution in [3.8, 4) is 0 Å². The molecule has 1 atom stereocenters. The Morgan fingerprint density at radius 3 is 2.50 bits per heavy atom. The molecule has 0 aliphatic heterocycles. The smallest absolute Gasteiger partial charge is 0.0590 e. The highest BCUT2D eigenvalue weighted by Gasteiger charge is 1.97. The van der Waals surface area contributed by atoms with Crippen LogP contribution in [-0.2, 0) is 4.74 Å². The summed E-state index contributed by atoms with van der Waals surface area (Å²) in [6, 6.07) is 0.638. The van der Waals surface area contributed by atoms with Gasteiger partial charge in [0, 0.05) is 19.2 Å². The number of rotatable bonds is 10. The van der Waals surface area contributed by atoms with Crippen molar-refractivity contribution < 1.29 is 4.74 Å². The van der Waals surface area contributed by atoms with Gasteiger partial charge in [-0.3, -0.25) is 0 Å². The van der Waals surface area contributed by atoms with E-state index >= 15 is 0 Å². The van der Waals surface area contributed by atoms with Crippen molar-refractivity contribution in [3.63, 3.8) is 0 Å². The molecule has 0 aliphatic carbocycles. The number of hydrogen-bond acceptors (Lipinski definition) is 2. The average molecular weight is 201 g/mol. The molecular weight excluding hydrogens is 174 g/mol. The molecule has 86 valence electrons. The van der Waals surface area contributed by atoms with E-state index in [1.54, 1.807) is 0 Å². The van der Waals surface area contributed by atoms with Gasteiger partial charge in [-0.15, -0.1) is 0 Å². The van der Waals surface area contributed by atoms with Gasteiger partial charge in [0.05, 0.1) is 6.61 Å². The molecule has 1 N–H and O–H groups in total. The first-order valence-corrected chi connectivity index (χ1v) is 6.12. The third-order valence-electron chi connectivity index (χ3n) is 2.35. The number of hydrogen-bond donors (Lipinski definition) is 1. The van der Waals surface area contributed by atoms with Gasteiger partial charge >= 0.3 is 0 Å². The Morgan fingerprint density at radius 2 is 1.86 bits per heavy atom. The Bertz CT molecular complexity index is 106.